The highest BCUT2D eigenvalue weighted by Gasteiger charge is 2.09. The third-order valence-corrected chi connectivity index (χ3v) is 3.60. The first kappa shape index (κ1) is 14.6. The van der Waals surface area contributed by atoms with Gasteiger partial charge in [0.2, 0.25) is 0 Å². The van der Waals surface area contributed by atoms with Crippen LogP contribution >= 0.6 is 0 Å². The Bertz CT molecular complexity index is 544. The number of benzene rings is 2. The maximum absolute atomic E-state index is 5.92. The van der Waals surface area contributed by atoms with Gasteiger partial charge in [0, 0.05) is 12.2 Å². The van der Waals surface area contributed by atoms with Crippen molar-refractivity contribution in [3.63, 3.8) is 0 Å². The lowest BCUT2D eigenvalue weighted by atomic mass is 10.0. The Balaban J connectivity index is 2.14. The fourth-order valence-corrected chi connectivity index (χ4v) is 2.33. The Hall–Kier alpha value is -1.80. The van der Waals surface area contributed by atoms with Gasteiger partial charge in [-0.1, -0.05) is 55.8 Å². The van der Waals surface area contributed by atoms with Crippen LogP contribution in [-0.2, 0) is 0 Å². The van der Waals surface area contributed by atoms with Crippen LogP contribution in [0.2, 0.25) is 0 Å². The van der Waals surface area contributed by atoms with E-state index in [-0.39, 0.29) is 6.04 Å². The number of rotatable bonds is 5. The number of anilines is 1. The fraction of sp³-hybridized carbons (Fsp3) is 0.333. The molecule has 2 nitrogen and oxygen atoms in total. The van der Waals surface area contributed by atoms with E-state index in [1.807, 2.05) is 0 Å². The van der Waals surface area contributed by atoms with E-state index in [1.165, 1.54) is 16.7 Å². The molecule has 2 aromatic carbocycles. The quantitative estimate of drug-likeness (QED) is 0.851. The zero-order valence-electron chi connectivity index (χ0n) is 12.6. The number of aryl methyl sites for hydroxylation is 1. The Morgan fingerprint density at radius 1 is 1.00 bits per heavy atom. The molecule has 0 fully saturated rings. The predicted molar refractivity (Wildman–Crippen MR) is 87.1 cm³/mol. The van der Waals surface area contributed by atoms with E-state index >= 15 is 0 Å². The molecule has 0 aromatic heterocycles. The van der Waals surface area contributed by atoms with Crippen molar-refractivity contribution in [2.24, 2.45) is 5.73 Å². The van der Waals surface area contributed by atoms with Crippen molar-refractivity contribution < 1.29 is 0 Å². The Morgan fingerprint density at radius 2 is 1.70 bits per heavy atom. The minimum atomic E-state index is 0.153. The summed E-state index contributed by atoms with van der Waals surface area (Å²) >= 11 is 0. The van der Waals surface area contributed by atoms with Crippen LogP contribution in [0.25, 0.3) is 0 Å². The molecule has 3 N–H and O–H groups in total. The van der Waals surface area contributed by atoms with Crippen LogP contribution in [0.5, 0.6) is 0 Å². The highest BCUT2D eigenvalue weighted by molar-refractivity contribution is 5.47. The second-order valence-corrected chi connectivity index (χ2v) is 5.62. The van der Waals surface area contributed by atoms with Crippen LogP contribution in [0.1, 0.15) is 42.5 Å². The van der Waals surface area contributed by atoms with Crippen molar-refractivity contribution in [3.05, 3.63) is 65.2 Å². The van der Waals surface area contributed by atoms with E-state index in [0.29, 0.717) is 12.5 Å². The summed E-state index contributed by atoms with van der Waals surface area (Å²) in [4.78, 5) is 0. The van der Waals surface area contributed by atoms with Crippen LogP contribution in [0, 0.1) is 6.92 Å². The molecule has 0 radical (unpaired) electrons. The lowest BCUT2D eigenvalue weighted by molar-refractivity contribution is 0.788. The Labute approximate surface area is 122 Å². The minimum absolute atomic E-state index is 0.153. The molecule has 0 aliphatic heterocycles. The number of hydrogen-bond donors (Lipinski definition) is 2. The highest BCUT2D eigenvalue weighted by Crippen LogP contribution is 2.22. The molecule has 0 spiro atoms. The van der Waals surface area contributed by atoms with E-state index < -0.39 is 0 Å². The molecule has 2 rings (SSSR count). The van der Waals surface area contributed by atoms with Crippen molar-refractivity contribution in [3.8, 4) is 0 Å². The lowest BCUT2D eigenvalue weighted by Crippen LogP contribution is -2.20. The van der Waals surface area contributed by atoms with E-state index in [0.717, 1.165) is 5.69 Å². The minimum Gasteiger partial charge on any atom is -0.377 e. The first-order chi connectivity index (χ1) is 9.60. The van der Waals surface area contributed by atoms with Gasteiger partial charge in [0.05, 0.1) is 6.04 Å². The molecule has 0 aliphatic rings. The summed E-state index contributed by atoms with van der Waals surface area (Å²) in [6.07, 6.45) is 0. The molecular weight excluding hydrogens is 244 g/mol. The van der Waals surface area contributed by atoms with E-state index in [2.05, 4.69) is 74.6 Å². The Kier molecular flexibility index (Phi) is 4.80. The molecule has 0 aliphatic carbocycles. The summed E-state index contributed by atoms with van der Waals surface area (Å²) in [7, 11) is 0. The van der Waals surface area contributed by atoms with Gasteiger partial charge in [0.1, 0.15) is 0 Å². The number of nitrogens with one attached hydrogen (secondary N) is 1. The molecule has 0 bridgehead atoms. The maximum atomic E-state index is 5.92. The normalized spacial score (nSPS) is 12.4. The second-order valence-electron chi connectivity index (χ2n) is 5.62. The van der Waals surface area contributed by atoms with Gasteiger partial charge in [0.25, 0.3) is 0 Å². The molecule has 106 valence electrons. The summed E-state index contributed by atoms with van der Waals surface area (Å²) < 4.78 is 0. The van der Waals surface area contributed by atoms with Gasteiger partial charge in [-0.05, 0) is 36.1 Å². The summed E-state index contributed by atoms with van der Waals surface area (Å²) in [5, 5.41) is 3.51. The van der Waals surface area contributed by atoms with Gasteiger partial charge in [-0.3, -0.25) is 0 Å². The monoisotopic (exact) mass is 268 g/mol. The van der Waals surface area contributed by atoms with Crippen molar-refractivity contribution >= 4 is 5.69 Å². The van der Waals surface area contributed by atoms with Crippen molar-refractivity contribution in [2.45, 2.75) is 32.7 Å². The third-order valence-electron chi connectivity index (χ3n) is 3.60. The number of hydrogen-bond acceptors (Lipinski definition) is 2. The lowest BCUT2D eigenvalue weighted by Gasteiger charge is -2.19. The molecule has 2 heteroatoms. The summed E-state index contributed by atoms with van der Waals surface area (Å²) in [5.41, 5.74) is 10.9. The molecule has 0 amide bonds. The SMILES string of the molecule is Cc1cccc(C(CN)Nc2ccc(C(C)C)cc2)c1. The summed E-state index contributed by atoms with van der Waals surface area (Å²) in [6, 6.07) is 17.3. The largest absolute Gasteiger partial charge is 0.377 e. The van der Waals surface area contributed by atoms with E-state index in [1.54, 1.807) is 0 Å². The Morgan fingerprint density at radius 3 is 2.25 bits per heavy atom. The molecule has 0 saturated carbocycles. The standard InChI is InChI=1S/C18H24N2/c1-13(2)15-7-9-17(10-8-15)20-18(12-19)16-6-4-5-14(3)11-16/h4-11,13,18,20H,12,19H2,1-3H3. The van der Waals surface area contributed by atoms with Gasteiger partial charge in [-0.25, -0.2) is 0 Å². The second kappa shape index (κ2) is 6.58. The highest BCUT2D eigenvalue weighted by atomic mass is 14.9. The first-order valence-electron chi connectivity index (χ1n) is 7.23. The zero-order valence-corrected chi connectivity index (χ0v) is 12.6. The first-order valence-corrected chi connectivity index (χ1v) is 7.23. The van der Waals surface area contributed by atoms with E-state index in [9.17, 15) is 0 Å². The molecule has 2 aromatic rings. The number of nitrogens with two attached hydrogens (primary N) is 1. The average Bonchev–Trinajstić information content (AvgIpc) is 2.45. The van der Waals surface area contributed by atoms with Gasteiger partial charge in [-0.15, -0.1) is 0 Å². The molecule has 1 unspecified atom stereocenters. The van der Waals surface area contributed by atoms with Crippen molar-refractivity contribution in [1.82, 2.24) is 0 Å². The van der Waals surface area contributed by atoms with Gasteiger partial charge < -0.3 is 11.1 Å². The van der Waals surface area contributed by atoms with Gasteiger partial charge >= 0.3 is 0 Å². The fourth-order valence-electron chi connectivity index (χ4n) is 2.33. The predicted octanol–water partition coefficient (Wildman–Crippen LogP) is 4.23. The van der Waals surface area contributed by atoms with Crippen LogP contribution in [0.15, 0.2) is 48.5 Å². The summed E-state index contributed by atoms with van der Waals surface area (Å²) in [6.45, 7) is 7.10. The van der Waals surface area contributed by atoms with Crippen molar-refractivity contribution in [1.29, 1.82) is 0 Å². The van der Waals surface area contributed by atoms with E-state index in [4.69, 9.17) is 5.73 Å². The van der Waals surface area contributed by atoms with Crippen LogP contribution in [0.4, 0.5) is 5.69 Å². The van der Waals surface area contributed by atoms with Crippen LogP contribution < -0.4 is 11.1 Å². The molecule has 0 heterocycles. The third kappa shape index (κ3) is 3.61. The summed E-state index contributed by atoms with van der Waals surface area (Å²) in [5.74, 6) is 0.561. The topological polar surface area (TPSA) is 38.0 Å². The zero-order chi connectivity index (χ0) is 14.5. The average molecular weight is 268 g/mol. The molecule has 1 atom stereocenters. The molecule has 0 saturated heterocycles. The van der Waals surface area contributed by atoms with Crippen LogP contribution in [-0.4, -0.2) is 6.54 Å². The molecule has 20 heavy (non-hydrogen) atoms. The molecular formula is C18H24N2. The van der Waals surface area contributed by atoms with Gasteiger partial charge in [-0.2, -0.15) is 0 Å². The maximum Gasteiger partial charge on any atom is 0.0636 e. The smallest absolute Gasteiger partial charge is 0.0636 e. The van der Waals surface area contributed by atoms with Gasteiger partial charge in [0.15, 0.2) is 0 Å². The van der Waals surface area contributed by atoms with Crippen molar-refractivity contribution in [2.75, 3.05) is 11.9 Å². The van der Waals surface area contributed by atoms with Crippen LogP contribution in [0.3, 0.4) is 0 Å².